The van der Waals surface area contributed by atoms with E-state index in [2.05, 4.69) is 5.32 Å². The molecule has 3 rings (SSSR count). The number of sulfonamides is 1. The summed E-state index contributed by atoms with van der Waals surface area (Å²) in [4.78, 5) is 23.8. The van der Waals surface area contributed by atoms with Crippen LogP contribution in [0.1, 0.15) is 45.9 Å². The summed E-state index contributed by atoms with van der Waals surface area (Å²) in [5, 5.41) is 16.8. The lowest BCUT2D eigenvalue weighted by Gasteiger charge is -2.19. The summed E-state index contributed by atoms with van der Waals surface area (Å²) >= 11 is 0. The SMILES string of the molecule is NS(=O)(=O)c1cc(C(=O)N[C@@H](CC(=O)O)c2ccc(F)cc2F)cc2c1CCC2. The third kappa shape index (κ3) is 4.60. The number of carbonyl (C=O) groups is 2. The molecule has 2 aromatic carbocycles. The molecule has 4 N–H and O–H groups in total. The summed E-state index contributed by atoms with van der Waals surface area (Å²) in [7, 11) is -4.07. The zero-order valence-corrected chi connectivity index (χ0v) is 15.9. The van der Waals surface area contributed by atoms with Crippen LogP contribution in [0, 0.1) is 11.6 Å². The summed E-state index contributed by atoms with van der Waals surface area (Å²) in [5.41, 5.74) is 1.00. The zero-order chi connectivity index (χ0) is 21.3. The van der Waals surface area contributed by atoms with E-state index in [1.165, 1.54) is 6.07 Å². The van der Waals surface area contributed by atoms with Crippen molar-refractivity contribution >= 4 is 21.9 Å². The van der Waals surface area contributed by atoms with Crippen molar-refractivity contribution in [3.8, 4) is 0 Å². The fourth-order valence-corrected chi connectivity index (χ4v) is 4.36. The number of aryl methyl sites for hydroxylation is 1. The predicted octanol–water partition coefficient (Wildman–Crippen LogP) is 2.05. The first kappa shape index (κ1) is 20.9. The molecule has 0 saturated heterocycles. The quantitative estimate of drug-likeness (QED) is 0.654. The van der Waals surface area contributed by atoms with E-state index in [9.17, 15) is 26.8 Å². The van der Waals surface area contributed by atoms with Gasteiger partial charge in [-0.15, -0.1) is 0 Å². The smallest absolute Gasteiger partial charge is 0.305 e. The molecule has 0 aliphatic heterocycles. The second kappa shape index (κ2) is 7.88. The van der Waals surface area contributed by atoms with E-state index >= 15 is 0 Å². The van der Waals surface area contributed by atoms with Crippen molar-refractivity contribution in [3.63, 3.8) is 0 Å². The van der Waals surface area contributed by atoms with Gasteiger partial charge in [0.1, 0.15) is 11.6 Å². The molecule has 2 aromatic rings. The minimum atomic E-state index is -4.07. The van der Waals surface area contributed by atoms with Crippen molar-refractivity contribution in [3.05, 3.63) is 64.2 Å². The van der Waals surface area contributed by atoms with Crippen LogP contribution in [0.25, 0.3) is 0 Å². The standard InChI is InChI=1S/C19H18F2N2O5S/c20-12-4-5-14(15(21)8-12)16(9-18(24)25)23-19(26)11-6-10-2-1-3-13(10)17(7-11)29(22,27)28/h4-8,16H,1-3,9H2,(H,23,26)(H,24,25)(H2,22,27,28)/t16-/m0/s1. The van der Waals surface area contributed by atoms with E-state index in [0.717, 1.165) is 18.2 Å². The average molecular weight is 424 g/mol. The molecule has 0 bridgehead atoms. The van der Waals surface area contributed by atoms with Gasteiger partial charge in [0, 0.05) is 17.2 Å². The van der Waals surface area contributed by atoms with Crippen molar-refractivity contribution < 1.29 is 31.9 Å². The minimum absolute atomic E-state index is 0.0346. The zero-order valence-electron chi connectivity index (χ0n) is 15.1. The summed E-state index contributed by atoms with van der Waals surface area (Å²) in [6.07, 6.45) is 1.15. The van der Waals surface area contributed by atoms with Gasteiger partial charge in [0.2, 0.25) is 10.0 Å². The van der Waals surface area contributed by atoms with Gasteiger partial charge in [-0.05, 0) is 48.6 Å². The molecule has 0 spiro atoms. The fourth-order valence-electron chi connectivity index (χ4n) is 3.49. The van der Waals surface area contributed by atoms with Crippen LogP contribution in [0.2, 0.25) is 0 Å². The van der Waals surface area contributed by atoms with E-state index in [4.69, 9.17) is 10.2 Å². The number of rotatable bonds is 6. The molecule has 10 heteroatoms. The van der Waals surface area contributed by atoms with Crippen LogP contribution in [-0.4, -0.2) is 25.4 Å². The first-order valence-electron chi connectivity index (χ1n) is 8.72. The van der Waals surface area contributed by atoms with Crippen LogP contribution in [0.15, 0.2) is 35.2 Å². The Morgan fingerprint density at radius 1 is 1.17 bits per heavy atom. The Morgan fingerprint density at radius 2 is 1.90 bits per heavy atom. The van der Waals surface area contributed by atoms with Crippen molar-refractivity contribution in [2.24, 2.45) is 5.14 Å². The van der Waals surface area contributed by atoms with Crippen molar-refractivity contribution in [2.75, 3.05) is 0 Å². The Morgan fingerprint density at radius 3 is 2.52 bits per heavy atom. The molecule has 1 amide bonds. The lowest BCUT2D eigenvalue weighted by Crippen LogP contribution is -2.31. The van der Waals surface area contributed by atoms with Gasteiger partial charge in [-0.3, -0.25) is 9.59 Å². The molecule has 0 saturated carbocycles. The number of aliphatic carboxylic acids is 1. The molecule has 29 heavy (non-hydrogen) atoms. The number of hydrogen-bond donors (Lipinski definition) is 3. The second-order valence-corrected chi connectivity index (χ2v) is 8.33. The maximum absolute atomic E-state index is 14.1. The van der Waals surface area contributed by atoms with E-state index in [-0.39, 0.29) is 16.0 Å². The number of benzene rings is 2. The molecular formula is C19H18F2N2O5S. The maximum atomic E-state index is 14.1. The number of carboxylic acid groups (broad SMARTS) is 1. The summed E-state index contributed by atoms with van der Waals surface area (Å²) in [6.45, 7) is 0. The Labute approximate surface area is 165 Å². The van der Waals surface area contributed by atoms with Gasteiger partial charge < -0.3 is 10.4 Å². The highest BCUT2D eigenvalue weighted by Gasteiger charge is 2.26. The van der Waals surface area contributed by atoms with Gasteiger partial charge in [0.15, 0.2) is 0 Å². The van der Waals surface area contributed by atoms with Crippen LogP contribution in [0.3, 0.4) is 0 Å². The Hall–Kier alpha value is -2.85. The van der Waals surface area contributed by atoms with E-state index in [0.29, 0.717) is 36.5 Å². The Bertz CT molecular complexity index is 1100. The van der Waals surface area contributed by atoms with Gasteiger partial charge in [0.05, 0.1) is 17.4 Å². The first-order chi connectivity index (χ1) is 13.6. The summed E-state index contributed by atoms with van der Waals surface area (Å²) < 4.78 is 51.1. The van der Waals surface area contributed by atoms with Crippen molar-refractivity contribution in [2.45, 2.75) is 36.6 Å². The number of nitrogens with two attached hydrogens (primary N) is 1. The van der Waals surface area contributed by atoms with Crippen LogP contribution in [-0.2, 0) is 27.7 Å². The van der Waals surface area contributed by atoms with Gasteiger partial charge in [-0.2, -0.15) is 0 Å². The Balaban J connectivity index is 1.97. The lowest BCUT2D eigenvalue weighted by atomic mass is 10.0. The number of carboxylic acids is 1. The minimum Gasteiger partial charge on any atom is -0.481 e. The second-order valence-electron chi connectivity index (χ2n) is 6.80. The number of fused-ring (bicyclic) bond motifs is 1. The largest absolute Gasteiger partial charge is 0.481 e. The van der Waals surface area contributed by atoms with E-state index < -0.39 is 46.0 Å². The third-order valence-electron chi connectivity index (χ3n) is 4.76. The van der Waals surface area contributed by atoms with Gasteiger partial charge in [-0.25, -0.2) is 22.3 Å². The number of hydrogen-bond acceptors (Lipinski definition) is 4. The molecule has 0 unspecified atom stereocenters. The number of nitrogens with one attached hydrogen (secondary N) is 1. The number of primary sulfonamides is 1. The molecule has 0 heterocycles. The van der Waals surface area contributed by atoms with Gasteiger partial charge >= 0.3 is 5.97 Å². The monoisotopic (exact) mass is 424 g/mol. The molecule has 0 fully saturated rings. The van der Waals surface area contributed by atoms with Crippen LogP contribution in [0.4, 0.5) is 8.78 Å². The number of halogens is 2. The molecule has 1 aliphatic rings. The topological polar surface area (TPSA) is 127 Å². The van der Waals surface area contributed by atoms with Crippen molar-refractivity contribution in [1.29, 1.82) is 0 Å². The average Bonchev–Trinajstić information content (AvgIpc) is 3.07. The molecule has 7 nitrogen and oxygen atoms in total. The fraction of sp³-hybridized carbons (Fsp3) is 0.263. The van der Waals surface area contributed by atoms with Gasteiger partial charge in [0.25, 0.3) is 5.91 Å². The molecule has 1 aliphatic carbocycles. The highest BCUT2D eigenvalue weighted by molar-refractivity contribution is 7.89. The Kier molecular flexibility index (Phi) is 5.67. The highest BCUT2D eigenvalue weighted by Crippen LogP contribution is 2.30. The van der Waals surface area contributed by atoms with Crippen LogP contribution in [0.5, 0.6) is 0 Å². The van der Waals surface area contributed by atoms with Crippen LogP contribution >= 0.6 is 0 Å². The summed E-state index contributed by atoms with van der Waals surface area (Å²) in [5.74, 6) is -3.95. The van der Waals surface area contributed by atoms with E-state index in [1.807, 2.05) is 0 Å². The normalized spacial score (nSPS) is 14.3. The van der Waals surface area contributed by atoms with Crippen molar-refractivity contribution in [1.82, 2.24) is 5.32 Å². The van der Waals surface area contributed by atoms with Crippen LogP contribution < -0.4 is 10.5 Å². The highest BCUT2D eigenvalue weighted by atomic mass is 32.2. The summed E-state index contributed by atoms with van der Waals surface area (Å²) in [6, 6.07) is 3.96. The molecule has 0 aromatic heterocycles. The maximum Gasteiger partial charge on any atom is 0.305 e. The third-order valence-corrected chi connectivity index (χ3v) is 5.74. The first-order valence-corrected chi connectivity index (χ1v) is 10.3. The predicted molar refractivity (Wildman–Crippen MR) is 98.7 cm³/mol. The van der Waals surface area contributed by atoms with Gasteiger partial charge in [-0.1, -0.05) is 6.07 Å². The lowest BCUT2D eigenvalue weighted by molar-refractivity contribution is -0.137. The van der Waals surface area contributed by atoms with E-state index in [1.54, 1.807) is 0 Å². The number of amides is 1. The molecule has 154 valence electrons. The molecule has 0 radical (unpaired) electrons. The molecular weight excluding hydrogens is 406 g/mol. The molecule has 1 atom stereocenters. The number of carbonyl (C=O) groups excluding carboxylic acids is 1.